The summed E-state index contributed by atoms with van der Waals surface area (Å²) >= 11 is 0. The maximum absolute atomic E-state index is 14.0. The monoisotopic (exact) mass is 348 g/mol. The van der Waals surface area contributed by atoms with Crippen LogP contribution in [0.4, 0.5) is 10.1 Å². The summed E-state index contributed by atoms with van der Waals surface area (Å²) in [5, 5.41) is 7.01. The zero-order chi connectivity index (χ0) is 18.4. The number of halogens is 1. The number of hydrazine groups is 1. The van der Waals surface area contributed by atoms with Crippen molar-refractivity contribution < 1.29 is 9.18 Å². The van der Waals surface area contributed by atoms with Gasteiger partial charge in [0.05, 0.1) is 5.69 Å². The Morgan fingerprint density at radius 1 is 0.923 bits per heavy atom. The predicted octanol–water partition coefficient (Wildman–Crippen LogP) is 3.54. The fourth-order valence-electron chi connectivity index (χ4n) is 2.68. The molecule has 0 spiro atoms. The summed E-state index contributed by atoms with van der Waals surface area (Å²) in [5.41, 5.74) is 5.25. The fourth-order valence-corrected chi connectivity index (χ4v) is 2.68. The number of nitrogens with zero attached hydrogens (tertiary/aromatic N) is 1. The number of rotatable bonds is 5. The minimum atomic E-state index is -0.414. The molecule has 0 aromatic heterocycles. The molecule has 0 saturated heterocycles. The second-order valence-corrected chi connectivity index (χ2v) is 5.45. The highest BCUT2D eigenvalue weighted by Crippen LogP contribution is 2.27. The first-order chi connectivity index (χ1) is 12.7. The highest BCUT2D eigenvalue weighted by Gasteiger charge is 2.15. The zero-order valence-electron chi connectivity index (χ0n) is 13.8. The predicted molar refractivity (Wildman–Crippen MR) is 101 cm³/mol. The normalized spacial score (nSPS) is 11.1. The van der Waals surface area contributed by atoms with E-state index in [1.807, 2.05) is 36.4 Å². The maximum Gasteiger partial charge on any atom is 0.159 e. The van der Waals surface area contributed by atoms with E-state index in [1.54, 1.807) is 30.3 Å². The molecule has 0 heterocycles. The van der Waals surface area contributed by atoms with E-state index < -0.39 is 5.82 Å². The minimum absolute atomic E-state index is 0.264. The van der Waals surface area contributed by atoms with Gasteiger partial charge in [-0.1, -0.05) is 60.7 Å². The number of hydrazone groups is 1. The molecule has 0 amide bonds. The second kappa shape index (κ2) is 8.04. The van der Waals surface area contributed by atoms with Crippen LogP contribution < -0.4 is 16.7 Å². The first kappa shape index (κ1) is 17.3. The van der Waals surface area contributed by atoms with Crippen molar-refractivity contribution in [2.75, 3.05) is 5.32 Å². The van der Waals surface area contributed by atoms with Gasteiger partial charge >= 0.3 is 0 Å². The number of aldehydes is 1. The van der Waals surface area contributed by atoms with Crippen molar-refractivity contribution in [3.05, 3.63) is 89.7 Å². The van der Waals surface area contributed by atoms with Crippen LogP contribution in [0.1, 0.15) is 15.9 Å². The van der Waals surface area contributed by atoms with Crippen molar-refractivity contribution >= 4 is 17.8 Å². The SMILES string of the molecule is NN/N=C(\Nc1ccccc1F)c1ccccc1-c1ccccc1C=O. The number of nitrogens with two attached hydrogens (primary N) is 1. The van der Waals surface area contributed by atoms with E-state index in [9.17, 15) is 9.18 Å². The number of hydrogen-bond donors (Lipinski definition) is 3. The zero-order valence-corrected chi connectivity index (χ0v) is 13.8. The molecule has 3 aromatic carbocycles. The van der Waals surface area contributed by atoms with Crippen molar-refractivity contribution in [2.45, 2.75) is 0 Å². The third-order valence-corrected chi connectivity index (χ3v) is 3.86. The molecule has 5 nitrogen and oxygen atoms in total. The van der Waals surface area contributed by atoms with Gasteiger partial charge in [0, 0.05) is 11.1 Å². The number of amidine groups is 1. The van der Waals surface area contributed by atoms with Crippen LogP contribution in [0.3, 0.4) is 0 Å². The van der Waals surface area contributed by atoms with Crippen LogP contribution in [0.2, 0.25) is 0 Å². The molecule has 0 aliphatic carbocycles. The summed E-state index contributed by atoms with van der Waals surface area (Å²) in [6, 6.07) is 20.9. The molecule has 0 radical (unpaired) electrons. The van der Waals surface area contributed by atoms with E-state index in [2.05, 4.69) is 16.0 Å². The Bertz CT molecular complexity index is 956. The number of hydrogen-bond acceptors (Lipinski definition) is 4. The highest BCUT2D eigenvalue weighted by atomic mass is 19.1. The van der Waals surface area contributed by atoms with Gasteiger partial charge in [-0.05, 0) is 23.3 Å². The first-order valence-electron chi connectivity index (χ1n) is 7.93. The van der Waals surface area contributed by atoms with E-state index in [-0.39, 0.29) is 5.69 Å². The summed E-state index contributed by atoms with van der Waals surface area (Å²) in [6.07, 6.45) is 0.800. The Morgan fingerprint density at radius 3 is 2.31 bits per heavy atom. The molecular weight excluding hydrogens is 331 g/mol. The van der Waals surface area contributed by atoms with Gasteiger partial charge in [0.15, 0.2) is 12.1 Å². The third-order valence-electron chi connectivity index (χ3n) is 3.86. The number of carbonyl (C=O) groups excluding carboxylic acids is 1. The molecule has 0 aliphatic heterocycles. The van der Waals surface area contributed by atoms with Crippen LogP contribution in [0.15, 0.2) is 77.9 Å². The van der Waals surface area contributed by atoms with E-state index in [0.717, 1.165) is 17.4 Å². The summed E-state index contributed by atoms with van der Waals surface area (Å²) in [7, 11) is 0. The van der Waals surface area contributed by atoms with Gasteiger partial charge in [0.2, 0.25) is 0 Å². The highest BCUT2D eigenvalue weighted by molar-refractivity contribution is 6.12. The molecule has 3 aromatic rings. The molecular formula is C20H17FN4O. The molecule has 0 bridgehead atoms. The number of anilines is 1. The van der Waals surface area contributed by atoms with E-state index in [0.29, 0.717) is 17.0 Å². The van der Waals surface area contributed by atoms with Crippen LogP contribution in [0, 0.1) is 5.82 Å². The molecule has 0 saturated carbocycles. The quantitative estimate of drug-likeness (QED) is 0.217. The molecule has 4 N–H and O–H groups in total. The molecule has 0 aliphatic rings. The molecule has 26 heavy (non-hydrogen) atoms. The summed E-state index contributed by atoms with van der Waals surface area (Å²) < 4.78 is 14.0. The van der Waals surface area contributed by atoms with Crippen LogP contribution in [-0.2, 0) is 0 Å². The lowest BCUT2D eigenvalue weighted by atomic mass is 9.95. The minimum Gasteiger partial charge on any atom is -0.336 e. The molecule has 3 rings (SSSR count). The lowest BCUT2D eigenvalue weighted by Gasteiger charge is -2.15. The molecule has 0 fully saturated rings. The number of benzene rings is 3. The van der Waals surface area contributed by atoms with Crippen molar-refractivity contribution in [2.24, 2.45) is 10.9 Å². The van der Waals surface area contributed by atoms with Crippen molar-refractivity contribution in [3.63, 3.8) is 0 Å². The average Bonchev–Trinajstić information content (AvgIpc) is 2.69. The summed E-state index contributed by atoms with van der Waals surface area (Å²) in [5.74, 6) is 5.29. The molecule has 0 unspecified atom stereocenters. The second-order valence-electron chi connectivity index (χ2n) is 5.45. The number of para-hydroxylation sites is 1. The van der Waals surface area contributed by atoms with Crippen LogP contribution in [0.5, 0.6) is 0 Å². The van der Waals surface area contributed by atoms with Crippen LogP contribution >= 0.6 is 0 Å². The van der Waals surface area contributed by atoms with Gasteiger partial charge in [-0.2, -0.15) is 0 Å². The van der Waals surface area contributed by atoms with Gasteiger partial charge in [-0.25, -0.2) is 15.8 Å². The van der Waals surface area contributed by atoms with Gasteiger partial charge in [0.25, 0.3) is 0 Å². The van der Waals surface area contributed by atoms with Crippen molar-refractivity contribution in [1.29, 1.82) is 0 Å². The summed E-state index contributed by atoms with van der Waals surface area (Å²) in [4.78, 5) is 11.4. The van der Waals surface area contributed by atoms with Gasteiger partial charge in [-0.3, -0.25) is 4.79 Å². The Morgan fingerprint density at radius 2 is 1.58 bits per heavy atom. The van der Waals surface area contributed by atoms with Crippen molar-refractivity contribution in [3.8, 4) is 11.1 Å². The largest absolute Gasteiger partial charge is 0.336 e. The molecule has 0 atom stereocenters. The number of carbonyl (C=O) groups is 1. The van der Waals surface area contributed by atoms with Crippen LogP contribution in [-0.4, -0.2) is 12.1 Å². The van der Waals surface area contributed by atoms with Crippen LogP contribution in [0.25, 0.3) is 11.1 Å². The lowest BCUT2D eigenvalue weighted by Crippen LogP contribution is -2.23. The van der Waals surface area contributed by atoms with E-state index in [4.69, 9.17) is 5.84 Å². The van der Waals surface area contributed by atoms with Gasteiger partial charge in [-0.15, -0.1) is 5.10 Å². The Labute approximate surface area is 150 Å². The van der Waals surface area contributed by atoms with E-state index in [1.165, 1.54) is 6.07 Å². The summed E-state index contributed by atoms with van der Waals surface area (Å²) in [6.45, 7) is 0. The Balaban J connectivity index is 2.11. The fraction of sp³-hybridized carbons (Fsp3) is 0. The number of nitrogens with one attached hydrogen (secondary N) is 2. The average molecular weight is 348 g/mol. The topological polar surface area (TPSA) is 79.5 Å². The third kappa shape index (κ3) is 3.60. The van der Waals surface area contributed by atoms with Crippen molar-refractivity contribution in [1.82, 2.24) is 5.53 Å². The molecule has 130 valence electrons. The lowest BCUT2D eigenvalue weighted by molar-refractivity contribution is 0.112. The Hall–Kier alpha value is -3.51. The molecule has 6 heteroatoms. The maximum atomic E-state index is 14.0. The van der Waals surface area contributed by atoms with Gasteiger partial charge in [0.1, 0.15) is 5.82 Å². The van der Waals surface area contributed by atoms with E-state index >= 15 is 0 Å². The van der Waals surface area contributed by atoms with Gasteiger partial charge < -0.3 is 5.32 Å². The standard InChI is InChI=1S/C20H17FN4O/c21-18-11-5-6-12-19(18)23-20(24-25-22)17-10-4-3-9-16(17)15-8-2-1-7-14(15)13-26/h1-13,25H,22H2,(H,23,24). The first-order valence-corrected chi connectivity index (χ1v) is 7.93. The Kier molecular flexibility index (Phi) is 5.36. The smallest absolute Gasteiger partial charge is 0.159 e.